The Morgan fingerprint density at radius 1 is 1.25 bits per heavy atom. The van der Waals surface area contributed by atoms with E-state index in [-0.39, 0.29) is 12.8 Å². The molecule has 0 saturated heterocycles. The molecule has 0 heterocycles. The number of hydrogen-bond donors (Lipinski definition) is 1. The summed E-state index contributed by atoms with van der Waals surface area (Å²) in [5.74, 6) is 2.29. The second kappa shape index (κ2) is 5.04. The molecule has 16 heavy (non-hydrogen) atoms. The fourth-order valence-electron chi connectivity index (χ4n) is 1.31. The first-order valence-corrected chi connectivity index (χ1v) is 4.71. The third kappa shape index (κ3) is 3.59. The third-order valence-corrected chi connectivity index (χ3v) is 2.11. The molecule has 1 N–H and O–H groups in total. The first kappa shape index (κ1) is 12.6. The maximum Gasteiger partial charge on any atom is 0.416 e. The van der Waals surface area contributed by atoms with Crippen molar-refractivity contribution in [2.75, 3.05) is 0 Å². The van der Waals surface area contributed by atoms with Crippen LogP contribution in [0.2, 0.25) is 0 Å². The Bertz CT molecular complexity index is 373. The van der Waals surface area contributed by atoms with E-state index in [0.29, 0.717) is 5.56 Å². The summed E-state index contributed by atoms with van der Waals surface area (Å²) >= 11 is 0. The number of rotatable bonds is 3. The molecule has 0 aliphatic rings. The quantitative estimate of drug-likeness (QED) is 0.788. The lowest BCUT2D eigenvalue weighted by atomic mass is 10.0. The van der Waals surface area contributed by atoms with E-state index in [1.165, 1.54) is 12.1 Å². The molecule has 1 unspecified atom stereocenters. The van der Waals surface area contributed by atoms with Gasteiger partial charge in [-0.2, -0.15) is 13.2 Å². The van der Waals surface area contributed by atoms with E-state index in [2.05, 4.69) is 5.92 Å². The zero-order valence-electron chi connectivity index (χ0n) is 8.46. The van der Waals surface area contributed by atoms with Gasteiger partial charge >= 0.3 is 6.18 Å². The summed E-state index contributed by atoms with van der Waals surface area (Å²) in [6.07, 6.45) is 0.437. The molecule has 1 nitrogen and oxygen atoms in total. The van der Waals surface area contributed by atoms with Gasteiger partial charge in [0, 0.05) is 6.42 Å². The Morgan fingerprint density at radius 2 is 1.81 bits per heavy atom. The molecule has 0 fully saturated rings. The van der Waals surface area contributed by atoms with Gasteiger partial charge in [0.25, 0.3) is 0 Å². The monoisotopic (exact) mass is 228 g/mol. The van der Waals surface area contributed by atoms with Gasteiger partial charge in [-0.05, 0) is 24.1 Å². The number of aliphatic hydroxyl groups excluding tert-OH is 1. The molecule has 86 valence electrons. The van der Waals surface area contributed by atoms with Crippen molar-refractivity contribution in [3.8, 4) is 12.3 Å². The first-order chi connectivity index (χ1) is 7.43. The number of hydrogen-bond acceptors (Lipinski definition) is 1. The van der Waals surface area contributed by atoms with Crippen molar-refractivity contribution >= 4 is 0 Å². The molecule has 0 spiro atoms. The van der Waals surface area contributed by atoms with Crippen LogP contribution in [-0.4, -0.2) is 11.2 Å². The highest BCUT2D eigenvalue weighted by atomic mass is 19.4. The molecule has 0 aromatic heterocycles. The van der Waals surface area contributed by atoms with Crippen LogP contribution in [0.15, 0.2) is 24.3 Å². The molecule has 0 aliphatic heterocycles. The van der Waals surface area contributed by atoms with Gasteiger partial charge in [-0.1, -0.05) is 12.1 Å². The molecular weight excluding hydrogens is 217 g/mol. The van der Waals surface area contributed by atoms with E-state index in [0.717, 1.165) is 12.1 Å². The van der Waals surface area contributed by atoms with E-state index < -0.39 is 17.8 Å². The molecule has 4 heteroatoms. The van der Waals surface area contributed by atoms with Gasteiger partial charge in [-0.3, -0.25) is 0 Å². The maximum atomic E-state index is 12.2. The number of halogens is 3. The lowest BCUT2D eigenvalue weighted by Gasteiger charge is -2.09. The zero-order valence-corrected chi connectivity index (χ0v) is 8.46. The number of aliphatic hydroxyl groups is 1. The molecule has 0 radical (unpaired) electrons. The van der Waals surface area contributed by atoms with Gasteiger partial charge in [-0.15, -0.1) is 12.3 Å². The fourth-order valence-corrected chi connectivity index (χ4v) is 1.31. The van der Waals surface area contributed by atoms with Crippen LogP contribution >= 0.6 is 0 Å². The summed E-state index contributed by atoms with van der Waals surface area (Å²) in [7, 11) is 0. The Balaban J connectivity index is 2.69. The number of benzene rings is 1. The number of terminal acetylenes is 1. The lowest BCUT2D eigenvalue weighted by molar-refractivity contribution is -0.137. The molecule has 1 aromatic rings. The molecule has 0 bridgehead atoms. The second-order valence-corrected chi connectivity index (χ2v) is 3.46. The van der Waals surface area contributed by atoms with Gasteiger partial charge in [0.2, 0.25) is 0 Å². The van der Waals surface area contributed by atoms with Crippen LogP contribution in [0, 0.1) is 12.3 Å². The van der Waals surface area contributed by atoms with Crippen LogP contribution in [0.1, 0.15) is 17.5 Å². The van der Waals surface area contributed by atoms with Gasteiger partial charge in [0.15, 0.2) is 0 Å². The highest BCUT2D eigenvalue weighted by Crippen LogP contribution is 2.29. The average Bonchev–Trinajstić information content (AvgIpc) is 2.17. The minimum Gasteiger partial charge on any atom is -0.392 e. The van der Waals surface area contributed by atoms with Crippen LogP contribution in [0.25, 0.3) is 0 Å². The molecular formula is C12H11F3O. The van der Waals surface area contributed by atoms with Crippen molar-refractivity contribution in [3.05, 3.63) is 35.4 Å². The minimum atomic E-state index is -4.32. The van der Waals surface area contributed by atoms with Crippen molar-refractivity contribution in [1.29, 1.82) is 0 Å². The zero-order chi connectivity index (χ0) is 12.2. The summed E-state index contributed by atoms with van der Waals surface area (Å²) in [5, 5.41) is 9.37. The van der Waals surface area contributed by atoms with E-state index in [1.54, 1.807) is 0 Å². The summed E-state index contributed by atoms with van der Waals surface area (Å²) < 4.78 is 36.7. The fraction of sp³-hybridized carbons (Fsp3) is 0.333. The molecule has 1 atom stereocenters. The van der Waals surface area contributed by atoms with Crippen molar-refractivity contribution in [2.45, 2.75) is 25.1 Å². The lowest BCUT2D eigenvalue weighted by Crippen LogP contribution is -2.10. The molecule has 1 aromatic carbocycles. The summed E-state index contributed by atoms with van der Waals surface area (Å²) in [5.41, 5.74) is -0.0570. The third-order valence-electron chi connectivity index (χ3n) is 2.11. The topological polar surface area (TPSA) is 20.2 Å². The Morgan fingerprint density at radius 3 is 2.25 bits per heavy atom. The predicted octanol–water partition coefficient (Wildman–Crippen LogP) is 2.63. The van der Waals surface area contributed by atoms with Crippen molar-refractivity contribution < 1.29 is 18.3 Å². The first-order valence-electron chi connectivity index (χ1n) is 4.71. The maximum absolute atomic E-state index is 12.2. The van der Waals surface area contributed by atoms with E-state index in [9.17, 15) is 18.3 Å². The summed E-state index contributed by atoms with van der Waals surface area (Å²) in [6, 6.07) is 4.70. The number of alkyl halides is 3. The smallest absolute Gasteiger partial charge is 0.392 e. The standard InChI is InChI=1S/C12H11F3O/c1-2-3-11(16)8-9-4-6-10(7-5-9)12(13,14)15/h1,4-7,11,16H,3,8H2. The molecule has 0 amide bonds. The molecule has 0 saturated carbocycles. The van der Waals surface area contributed by atoms with Gasteiger partial charge < -0.3 is 5.11 Å². The Kier molecular flexibility index (Phi) is 3.97. The van der Waals surface area contributed by atoms with E-state index in [4.69, 9.17) is 6.42 Å². The second-order valence-electron chi connectivity index (χ2n) is 3.46. The van der Waals surface area contributed by atoms with Gasteiger partial charge in [0.05, 0.1) is 11.7 Å². The summed E-state index contributed by atoms with van der Waals surface area (Å²) in [6.45, 7) is 0. The van der Waals surface area contributed by atoms with Crippen LogP contribution in [-0.2, 0) is 12.6 Å². The Labute approximate surface area is 91.9 Å². The predicted molar refractivity (Wildman–Crippen MR) is 54.6 cm³/mol. The largest absolute Gasteiger partial charge is 0.416 e. The van der Waals surface area contributed by atoms with Crippen LogP contribution in [0.4, 0.5) is 13.2 Å². The van der Waals surface area contributed by atoms with Crippen molar-refractivity contribution in [1.82, 2.24) is 0 Å². The van der Waals surface area contributed by atoms with Crippen LogP contribution in [0.3, 0.4) is 0 Å². The van der Waals surface area contributed by atoms with Gasteiger partial charge in [0.1, 0.15) is 0 Å². The molecule has 1 rings (SSSR count). The van der Waals surface area contributed by atoms with Crippen molar-refractivity contribution in [3.63, 3.8) is 0 Å². The highest BCUT2D eigenvalue weighted by molar-refractivity contribution is 5.25. The molecule has 0 aliphatic carbocycles. The Hall–Kier alpha value is -1.47. The van der Waals surface area contributed by atoms with Crippen LogP contribution < -0.4 is 0 Å². The SMILES string of the molecule is C#CCC(O)Cc1ccc(C(F)(F)F)cc1. The summed E-state index contributed by atoms with van der Waals surface area (Å²) in [4.78, 5) is 0. The van der Waals surface area contributed by atoms with Gasteiger partial charge in [-0.25, -0.2) is 0 Å². The van der Waals surface area contributed by atoms with E-state index >= 15 is 0 Å². The van der Waals surface area contributed by atoms with Crippen molar-refractivity contribution in [2.24, 2.45) is 0 Å². The van der Waals surface area contributed by atoms with E-state index in [1.807, 2.05) is 0 Å². The average molecular weight is 228 g/mol. The highest BCUT2D eigenvalue weighted by Gasteiger charge is 2.29. The normalized spacial score (nSPS) is 13.2. The minimum absolute atomic E-state index is 0.195. The van der Waals surface area contributed by atoms with Crippen LogP contribution in [0.5, 0.6) is 0 Å².